The molecule has 1 unspecified atom stereocenters. The molecule has 1 aromatic carbocycles. The molecule has 12 heavy (non-hydrogen) atoms. The van der Waals surface area contributed by atoms with Crippen LogP contribution in [0.2, 0.25) is 0 Å². The molecule has 0 aliphatic carbocycles. The molecule has 1 aliphatic heterocycles. The van der Waals surface area contributed by atoms with Crippen LogP contribution in [0.15, 0.2) is 30.3 Å². The van der Waals surface area contributed by atoms with E-state index in [9.17, 15) is 0 Å². The van der Waals surface area contributed by atoms with Crippen molar-refractivity contribution in [2.45, 2.75) is 18.6 Å². The van der Waals surface area contributed by atoms with Gasteiger partial charge in [-0.2, -0.15) is 0 Å². The Morgan fingerprint density at radius 2 is 1.92 bits per heavy atom. The Bertz CT molecular complexity index is 245. The molecule has 2 nitrogen and oxygen atoms in total. The van der Waals surface area contributed by atoms with Crippen LogP contribution in [0.5, 0.6) is 0 Å². The highest BCUT2D eigenvalue weighted by atomic mass is 16.6. The van der Waals surface area contributed by atoms with Crippen molar-refractivity contribution in [2.24, 2.45) is 0 Å². The molecule has 2 rings (SSSR count). The summed E-state index contributed by atoms with van der Waals surface area (Å²) in [4.78, 5) is 0. The molecule has 1 fully saturated rings. The van der Waals surface area contributed by atoms with Crippen LogP contribution < -0.4 is 0 Å². The Labute approximate surface area is 71.8 Å². The Kier molecular flexibility index (Phi) is 2.11. The molecule has 1 saturated heterocycles. The smallest absolute Gasteiger partial charge is 0.107 e. The average molecular weight is 164 g/mol. The summed E-state index contributed by atoms with van der Waals surface area (Å²) in [5.41, 5.74) is 1.28. The molecular formula is C10H12O2. The van der Waals surface area contributed by atoms with Crippen LogP contribution in [0.1, 0.15) is 5.56 Å². The minimum atomic E-state index is 0.0882. The van der Waals surface area contributed by atoms with E-state index in [0.717, 1.165) is 6.42 Å². The minimum absolute atomic E-state index is 0.0882. The van der Waals surface area contributed by atoms with Crippen LogP contribution in [0.4, 0.5) is 0 Å². The fourth-order valence-electron chi connectivity index (χ4n) is 1.37. The molecule has 0 aromatic heterocycles. The van der Waals surface area contributed by atoms with Crippen molar-refractivity contribution in [3.05, 3.63) is 35.9 Å². The van der Waals surface area contributed by atoms with Gasteiger partial charge in [-0.25, -0.2) is 0 Å². The lowest BCUT2D eigenvalue weighted by atomic mass is 10.1. The zero-order chi connectivity index (χ0) is 8.39. The summed E-state index contributed by atoms with van der Waals surface area (Å²) in [6, 6.07) is 10.2. The van der Waals surface area contributed by atoms with Gasteiger partial charge in [0.1, 0.15) is 6.10 Å². The zero-order valence-electron chi connectivity index (χ0n) is 6.81. The summed E-state index contributed by atoms with van der Waals surface area (Å²) in [7, 11) is 0. The molecule has 0 saturated carbocycles. The van der Waals surface area contributed by atoms with E-state index in [1.165, 1.54) is 5.56 Å². The second-order valence-electron chi connectivity index (χ2n) is 3.09. The Morgan fingerprint density at radius 3 is 2.50 bits per heavy atom. The standard InChI is InChI=1S/C10H12O2/c11-7-10-9(12-10)6-8-4-2-1-3-5-8/h1-5,9-11H,6-7H2/t9?,10-/m0/s1. The first-order valence-corrected chi connectivity index (χ1v) is 4.20. The van der Waals surface area contributed by atoms with Gasteiger partial charge in [0.2, 0.25) is 0 Å². The Hall–Kier alpha value is -0.860. The topological polar surface area (TPSA) is 32.8 Å². The van der Waals surface area contributed by atoms with Crippen molar-refractivity contribution in [1.29, 1.82) is 0 Å². The molecule has 0 amide bonds. The van der Waals surface area contributed by atoms with E-state index in [4.69, 9.17) is 9.84 Å². The predicted octanol–water partition coefficient (Wildman–Crippen LogP) is 0.989. The summed E-state index contributed by atoms with van der Waals surface area (Å²) in [5.74, 6) is 0. The van der Waals surface area contributed by atoms with E-state index in [-0.39, 0.29) is 18.8 Å². The quantitative estimate of drug-likeness (QED) is 0.676. The molecule has 1 aromatic rings. The van der Waals surface area contributed by atoms with E-state index in [0.29, 0.717) is 0 Å². The van der Waals surface area contributed by atoms with Gasteiger partial charge in [0, 0.05) is 6.42 Å². The zero-order valence-corrected chi connectivity index (χ0v) is 6.81. The molecule has 64 valence electrons. The van der Waals surface area contributed by atoms with Crippen LogP contribution in [0.3, 0.4) is 0 Å². The monoisotopic (exact) mass is 164 g/mol. The molecule has 0 bridgehead atoms. The number of aliphatic hydroxyl groups is 1. The number of benzene rings is 1. The predicted molar refractivity (Wildman–Crippen MR) is 45.9 cm³/mol. The molecule has 0 spiro atoms. The summed E-state index contributed by atoms with van der Waals surface area (Å²) < 4.78 is 5.22. The third-order valence-electron chi connectivity index (χ3n) is 2.15. The molecular weight excluding hydrogens is 152 g/mol. The number of hydrogen-bond donors (Lipinski definition) is 1. The lowest BCUT2D eigenvalue weighted by molar-refractivity contribution is 0.242. The number of hydrogen-bond acceptors (Lipinski definition) is 2. The van der Waals surface area contributed by atoms with E-state index in [1.807, 2.05) is 18.2 Å². The van der Waals surface area contributed by atoms with Gasteiger partial charge < -0.3 is 9.84 Å². The van der Waals surface area contributed by atoms with Crippen LogP contribution in [-0.4, -0.2) is 23.9 Å². The van der Waals surface area contributed by atoms with Gasteiger partial charge in [0.25, 0.3) is 0 Å². The lowest BCUT2D eigenvalue weighted by Crippen LogP contribution is -2.01. The highest BCUT2D eigenvalue weighted by Gasteiger charge is 2.37. The Balaban J connectivity index is 1.89. The minimum Gasteiger partial charge on any atom is -0.394 e. The maximum Gasteiger partial charge on any atom is 0.107 e. The first-order valence-electron chi connectivity index (χ1n) is 4.20. The van der Waals surface area contributed by atoms with Crippen LogP contribution in [0.25, 0.3) is 0 Å². The molecule has 2 heteroatoms. The number of rotatable bonds is 3. The van der Waals surface area contributed by atoms with Gasteiger partial charge in [-0.1, -0.05) is 30.3 Å². The van der Waals surface area contributed by atoms with Crippen molar-refractivity contribution in [3.8, 4) is 0 Å². The first kappa shape index (κ1) is 7.77. The van der Waals surface area contributed by atoms with Crippen LogP contribution in [-0.2, 0) is 11.2 Å². The van der Waals surface area contributed by atoms with Gasteiger partial charge in [-0.3, -0.25) is 0 Å². The maximum atomic E-state index is 8.73. The van der Waals surface area contributed by atoms with E-state index < -0.39 is 0 Å². The van der Waals surface area contributed by atoms with E-state index in [2.05, 4.69) is 12.1 Å². The first-order chi connectivity index (χ1) is 5.90. The fraction of sp³-hybridized carbons (Fsp3) is 0.400. The third kappa shape index (κ3) is 1.65. The summed E-state index contributed by atoms with van der Waals surface area (Å²) in [5, 5.41) is 8.73. The maximum absolute atomic E-state index is 8.73. The lowest BCUT2D eigenvalue weighted by Gasteiger charge is -1.95. The molecule has 2 atom stereocenters. The van der Waals surface area contributed by atoms with E-state index >= 15 is 0 Å². The number of aliphatic hydroxyl groups excluding tert-OH is 1. The normalized spacial score (nSPS) is 27.1. The molecule has 1 heterocycles. The molecule has 0 radical (unpaired) electrons. The van der Waals surface area contributed by atoms with Crippen LogP contribution >= 0.6 is 0 Å². The van der Waals surface area contributed by atoms with Crippen molar-refractivity contribution in [2.75, 3.05) is 6.61 Å². The summed E-state index contributed by atoms with van der Waals surface area (Å²) in [6.45, 7) is 0.150. The van der Waals surface area contributed by atoms with Gasteiger partial charge in [-0.15, -0.1) is 0 Å². The highest BCUT2D eigenvalue weighted by molar-refractivity contribution is 5.17. The van der Waals surface area contributed by atoms with Gasteiger partial charge in [0.05, 0.1) is 12.7 Å². The SMILES string of the molecule is OC[C@@H]1OC1Cc1ccccc1. The van der Waals surface area contributed by atoms with E-state index in [1.54, 1.807) is 0 Å². The highest BCUT2D eigenvalue weighted by Crippen LogP contribution is 2.24. The van der Waals surface area contributed by atoms with Crippen LogP contribution in [0, 0.1) is 0 Å². The Morgan fingerprint density at radius 1 is 1.17 bits per heavy atom. The van der Waals surface area contributed by atoms with Crippen molar-refractivity contribution in [1.82, 2.24) is 0 Å². The number of ether oxygens (including phenoxy) is 1. The van der Waals surface area contributed by atoms with Gasteiger partial charge in [-0.05, 0) is 5.56 Å². The van der Waals surface area contributed by atoms with Gasteiger partial charge in [0.15, 0.2) is 0 Å². The number of epoxide rings is 1. The summed E-state index contributed by atoms with van der Waals surface area (Å²) >= 11 is 0. The van der Waals surface area contributed by atoms with Crippen molar-refractivity contribution >= 4 is 0 Å². The fourth-order valence-corrected chi connectivity index (χ4v) is 1.37. The van der Waals surface area contributed by atoms with Gasteiger partial charge >= 0.3 is 0 Å². The second kappa shape index (κ2) is 3.25. The summed E-state index contributed by atoms with van der Waals surface area (Å²) in [6.07, 6.45) is 1.26. The molecule has 1 aliphatic rings. The largest absolute Gasteiger partial charge is 0.394 e. The molecule has 1 N–H and O–H groups in total. The van der Waals surface area contributed by atoms with Crippen molar-refractivity contribution in [3.63, 3.8) is 0 Å². The van der Waals surface area contributed by atoms with Crippen molar-refractivity contribution < 1.29 is 9.84 Å². The third-order valence-corrected chi connectivity index (χ3v) is 2.15. The second-order valence-corrected chi connectivity index (χ2v) is 3.09. The average Bonchev–Trinajstić information content (AvgIpc) is 2.85.